The first kappa shape index (κ1) is 24.5. The summed E-state index contributed by atoms with van der Waals surface area (Å²) < 4.78 is 5.10. The molecule has 174 valence electrons. The van der Waals surface area contributed by atoms with Crippen LogP contribution < -0.4 is 15.4 Å². The number of amides is 2. The van der Waals surface area contributed by atoms with Crippen LogP contribution in [-0.4, -0.2) is 23.8 Å². The Hall–Kier alpha value is -4.17. The van der Waals surface area contributed by atoms with Crippen LogP contribution in [0.2, 0.25) is 5.02 Å². The number of nitrogens with zero attached hydrogens (tertiary/aromatic N) is 1. The fourth-order valence-corrected chi connectivity index (χ4v) is 3.41. The lowest BCUT2D eigenvalue weighted by atomic mass is 10.1. The van der Waals surface area contributed by atoms with Gasteiger partial charge in [0.15, 0.2) is 0 Å². The number of nitro groups is 1. The number of anilines is 1. The lowest BCUT2D eigenvalue weighted by Crippen LogP contribution is -2.31. The molecular formula is C25H22ClN3O5. The molecule has 0 aliphatic heterocycles. The van der Waals surface area contributed by atoms with Gasteiger partial charge < -0.3 is 15.4 Å². The number of aryl methyl sites for hydroxylation is 2. The SMILES string of the molecule is COc1ccc(C(=O)NC(=Cc2ccc([N+](=O)[O-])cc2)C(=O)Nc2ccc(C)cc2C)c(Cl)c1. The van der Waals surface area contributed by atoms with E-state index in [0.29, 0.717) is 17.0 Å². The molecule has 2 amide bonds. The minimum absolute atomic E-state index is 0.0642. The van der Waals surface area contributed by atoms with Gasteiger partial charge in [-0.25, -0.2) is 0 Å². The highest BCUT2D eigenvalue weighted by atomic mass is 35.5. The zero-order chi connectivity index (χ0) is 24.8. The molecule has 2 N–H and O–H groups in total. The zero-order valence-electron chi connectivity index (χ0n) is 18.7. The number of nitro benzene ring substituents is 1. The van der Waals surface area contributed by atoms with Gasteiger partial charge in [-0.2, -0.15) is 0 Å². The Labute approximate surface area is 201 Å². The van der Waals surface area contributed by atoms with Crippen LogP contribution in [0.1, 0.15) is 27.0 Å². The fraction of sp³-hybridized carbons (Fsp3) is 0.120. The van der Waals surface area contributed by atoms with E-state index < -0.39 is 16.7 Å². The summed E-state index contributed by atoms with van der Waals surface area (Å²) >= 11 is 6.21. The van der Waals surface area contributed by atoms with Crippen LogP contribution in [0.15, 0.2) is 66.4 Å². The summed E-state index contributed by atoms with van der Waals surface area (Å²) in [6.45, 7) is 3.80. The van der Waals surface area contributed by atoms with Gasteiger partial charge in [-0.3, -0.25) is 19.7 Å². The number of carbonyl (C=O) groups is 2. The highest BCUT2D eigenvalue weighted by molar-refractivity contribution is 6.34. The molecule has 3 aromatic rings. The quantitative estimate of drug-likeness (QED) is 0.272. The molecule has 3 aromatic carbocycles. The van der Waals surface area contributed by atoms with E-state index in [1.54, 1.807) is 12.1 Å². The summed E-state index contributed by atoms with van der Waals surface area (Å²) in [6, 6.07) is 15.7. The Morgan fingerprint density at radius 3 is 2.32 bits per heavy atom. The summed E-state index contributed by atoms with van der Waals surface area (Å²) in [4.78, 5) is 36.5. The Morgan fingerprint density at radius 1 is 1.03 bits per heavy atom. The van der Waals surface area contributed by atoms with Gasteiger partial charge in [0.25, 0.3) is 17.5 Å². The van der Waals surface area contributed by atoms with E-state index in [-0.39, 0.29) is 22.0 Å². The molecule has 0 saturated carbocycles. The summed E-state index contributed by atoms with van der Waals surface area (Å²) in [5.41, 5.74) is 2.96. The maximum atomic E-state index is 13.1. The number of non-ortho nitro benzene ring substituents is 1. The summed E-state index contributed by atoms with van der Waals surface area (Å²) in [7, 11) is 1.48. The van der Waals surface area contributed by atoms with Crippen LogP contribution in [0.3, 0.4) is 0 Å². The van der Waals surface area contributed by atoms with Crippen molar-refractivity contribution in [3.05, 3.63) is 104 Å². The molecule has 0 saturated heterocycles. The average Bonchev–Trinajstić information content (AvgIpc) is 2.80. The molecule has 0 radical (unpaired) electrons. The number of nitrogens with one attached hydrogen (secondary N) is 2. The van der Waals surface area contributed by atoms with E-state index in [1.807, 2.05) is 26.0 Å². The van der Waals surface area contributed by atoms with Crippen molar-refractivity contribution >= 4 is 40.9 Å². The van der Waals surface area contributed by atoms with Crippen LogP contribution in [-0.2, 0) is 4.79 Å². The Kier molecular flexibility index (Phi) is 7.65. The molecule has 0 bridgehead atoms. The predicted octanol–water partition coefficient (Wildman–Crippen LogP) is 5.28. The number of hydrogen-bond acceptors (Lipinski definition) is 5. The van der Waals surface area contributed by atoms with Crippen LogP contribution >= 0.6 is 11.6 Å². The molecule has 3 rings (SSSR count). The van der Waals surface area contributed by atoms with E-state index in [1.165, 1.54) is 49.6 Å². The van der Waals surface area contributed by atoms with Gasteiger partial charge in [-0.15, -0.1) is 0 Å². The van der Waals surface area contributed by atoms with Crippen LogP contribution in [0, 0.1) is 24.0 Å². The van der Waals surface area contributed by atoms with Gasteiger partial charge in [0.05, 0.1) is 22.6 Å². The van der Waals surface area contributed by atoms with Crippen molar-refractivity contribution in [2.24, 2.45) is 0 Å². The van der Waals surface area contributed by atoms with Crippen LogP contribution in [0.5, 0.6) is 5.75 Å². The maximum Gasteiger partial charge on any atom is 0.272 e. The molecule has 0 aliphatic carbocycles. The average molecular weight is 480 g/mol. The summed E-state index contributed by atoms with van der Waals surface area (Å²) in [5.74, 6) is -0.685. The third-order valence-corrected chi connectivity index (χ3v) is 5.27. The molecule has 0 atom stereocenters. The molecule has 0 unspecified atom stereocenters. The zero-order valence-corrected chi connectivity index (χ0v) is 19.5. The van der Waals surface area contributed by atoms with E-state index in [0.717, 1.165) is 11.1 Å². The third kappa shape index (κ3) is 5.99. The molecule has 0 aromatic heterocycles. The molecule has 0 aliphatic rings. The van der Waals surface area contributed by atoms with Gasteiger partial charge in [-0.1, -0.05) is 29.3 Å². The second-order valence-corrected chi connectivity index (χ2v) is 7.89. The van der Waals surface area contributed by atoms with Crippen molar-refractivity contribution in [2.75, 3.05) is 12.4 Å². The summed E-state index contributed by atoms with van der Waals surface area (Å²) in [5, 5.41) is 16.5. The minimum atomic E-state index is -0.600. The molecule has 0 spiro atoms. The van der Waals surface area contributed by atoms with Crippen molar-refractivity contribution in [2.45, 2.75) is 13.8 Å². The van der Waals surface area contributed by atoms with E-state index >= 15 is 0 Å². The van der Waals surface area contributed by atoms with E-state index in [9.17, 15) is 19.7 Å². The Balaban J connectivity index is 1.94. The third-order valence-electron chi connectivity index (χ3n) is 4.96. The predicted molar refractivity (Wildman–Crippen MR) is 131 cm³/mol. The number of hydrogen-bond donors (Lipinski definition) is 2. The smallest absolute Gasteiger partial charge is 0.272 e. The number of carbonyl (C=O) groups excluding carboxylic acids is 2. The molecule has 8 nitrogen and oxygen atoms in total. The largest absolute Gasteiger partial charge is 0.497 e. The first-order valence-corrected chi connectivity index (χ1v) is 10.6. The van der Waals surface area contributed by atoms with Crippen LogP contribution in [0.4, 0.5) is 11.4 Å². The first-order valence-electron chi connectivity index (χ1n) is 10.2. The van der Waals surface area contributed by atoms with Crippen molar-refractivity contribution < 1.29 is 19.2 Å². The van der Waals surface area contributed by atoms with Crippen molar-refractivity contribution in [3.63, 3.8) is 0 Å². The Bertz CT molecular complexity index is 1290. The van der Waals surface area contributed by atoms with Crippen molar-refractivity contribution in [1.29, 1.82) is 0 Å². The molecular weight excluding hydrogens is 458 g/mol. The standard InChI is InChI=1S/C25H22ClN3O5/c1-15-4-11-22(16(2)12-15)27-25(31)23(13-17-5-7-18(8-6-17)29(32)33)28-24(30)20-10-9-19(34-3)14-21(20)26/h4-14H,1-3H3,(H,27,31)(H,28,30). The second-order valence-electron chi connectivity index (χ2n) is 7.48. The van der Waals surface area contributed by atoms with Gasteiger partial charge in [0.1, 0.15) is 11.4 Å². The minimum Gasteiger partial charge on any atom is -0.497 e. The van der Waals surface area contributed by atoms with Gasteiger partial charge >= 0.3 is 0 Å². The molecule has 9 heteroatoms. The number of rotatable bonds is 7. The lowest BCUT2D eigenvalue weighted by Gasteiger charge is -2.14. The normalized spacial score (nSPS) is 11.0. The summed E-state index contributed by atoms with van der Waals surface area (Å²) in [6.07, 6.45) is 1.43. The monoisotopic (exact) mass is 479 g/mol. The fourth-order valence-electron chi connectivity index (χ4n) is 3.16. The lowest BCUT2D eigenvalue weighted by molar-refractivity contribution is -0.384. The first-order chi connectivity index (χ1) is 16.2. The highest BCUT2D eigenvalue weighted by Crippen LogP contribution is 2.23. The number of methoxy groups -OCH3 is 1. The van der Waals surface area contributed by atoms with Gasteiger partial charge in [0.2, 0.25) is 0 Å². The number of ether oxygens (including phenoxy) is 1. The number of halogens is 1. The van der Waals surface area contributed by atoms with E-state index in [2.05, 4.69) is 10.6 Å². The molecule has 34 heavy (non-hydrogen) atoms. The number of benzene rings is 3. The van der Waals surface area contributed by atoms with Crippen molar-refractivity contribution in [3.8, 4) is 5.75 Å². The second kappa shape index (κ2) is 10.6. The highest BCUT2D eigenvalue weighted by Gasteiger charge is 2.18. The maximum absolute atomic E-state index is 13.1. The molecule has 0 fully saturated rings. The molecule has 0 heterocycles. The van der Waals surface area contributed by atoms with Crippen LogP contribution in [0.25, 0.3) is 6.08 Å². The van der Waals surface area contributed by atoms with Crippen molar-refractivity contribution in [1.82, 2.24) is 5.32 Å². The van der Waals surface area contributed by atoms with Gasteiger partial charge in [0, 0.05) is 17.8 Å². The Morgan fingerprint density at radius 2 is 1.74 bits per heavy atom. The van der Waals surface area contributed by atoms with Gasteiger partial charge in [-0.05, 0) is 67.4 Å². The van der Waals surface area contributed by atoms with E-state index in [4.69, 9.17) is 16.3 Å². The topological polar surface area (TPSA) is 111 Å².